The lowest BCUT2D eigenvalue weighted by atomic mass is 10.2. The second-order valence-electron chi connectivity index (χ2n) is 6.79. The third-order valence-electron chi connectivity index (χ3n) is 4.67. The van der Waals surface area contributed by atoms with Crippen LogP contribution in [-0.4, -0.2) is 50.0 Å². The molecule has 4 aromatic rings. The molecule has 0 atom stereocenters. The van der Waals surface area contributed by atoms with Crippen LogP contribution in [0.5, 0.6) is 23.0 Å². The van der Waals surface area contributed by atoms with E-state index in [-0.39, 0.29) is 16.6 Å². The molecule has 2 aromatic carbocycles. The van der Waals surface area contributed by atoms with Gasteiger partial charge in [-0.15, -0.1) is 0 Å². The zero-order valence-corrected chi connectivity index (χ0v) is 18.4. The van der Waals surface area contributed by atoms with Crippen molar-refractivity contribution in [2.24, 2.45) is 0 Å². The molecule has 0 fully saturated rings. The number of halogens is 3. The van der Waals surface area contributed by atoms with Gasteiger partial charge in [0, 0.05) is 11.5 Å². The Bertz CT molecular complexity index is 1330. The van der Waals surface area contributed by atoms with Crippen LogP contribution in [0, 0.1) is 0 Å². The molecule has 0 spiro atoms. The van der Waals surface area contributed by atoms with Crippen molar-refractivity contribution in [3.63, 3.8) is 0 Å². The number of benzene rings is 2. The number of anilines is 1. The van der Waals surface area contributed by atoms with Crippen molar-refractivity contribution in [1.29, 1.82) is 0 Å². The third kappa shape index (κ3) is 4.60. The van der Waals surface area contributed by atoms with Gasteiger partial charge in [-0.3, -0.25) is 10.1 Å². The number of aromatic amines is 1. The molecule has 0 saturated heterocycles. The molecule has 8 nitrogen and oxygen atoms in total. The van der Waals surface area contributed by atoms with Crippen LogP contribution in [0.15, 0.2) is 30.3 Å². The van der Waals surface area contributed by atoms with Crippen LogP contribution in [0.4, 0.5) is 18.3 Å². The average Bonchev–Trinajstić information content (AvgIpc) is 3.39. The van der Waals surface area contributed by atoms with Gasteiger partial charge in [0.05, 0.1) is 37.1 Å². The van der Waals surface area contributed by atoms with Crippen LogP contribution in [0.1, 0.15) is 10.5 Å². The summed E-state index contributed by atoms with van der Waals surface area (Å²) in [6.45, 7) is -1.39. The predicted molar refractivity (Wildman–Crippen MR) is 117 cm³/mol. The van der Waals surface area contributed by atoms with Gasteiger partial charge in [0.2, 0.25) is 0 Å². The van der Waals surface area contributed by atoms with E-state index in [1.165, 1.54) is 39.5 Å². The van der Waals surface area contributed by atoms with Crippen LogP contribution in [-0.2, 0) is 0 Å². The lowest BCUT2D eigenvalue weighted by Gasteiger charge is -2.11. The fraction of sp³-hybridized carbons (Fsp3) is 0.238. The van der Waals surface area contributed by atoms with Gasteiger partial charge in [-0.1, -0.05) is 11.3 Å². The maximum Gasteiger partial charge on any atom is 0.422 e. The Morgan fingerprint density at radius 3 is 2.52 bits per heavy atom. The summed E-state index contributed by atoms with van der Waals surface area (Å²) >= 11 is 1.11. The Kier molecular flexibility index (Phi) is 5.93. The summed E-state index contributed by atoms with van der Waals surface area (Å²) in [7, 11) is 4.48. The minimum atomic E-state index is -4.43. The van der Waals surface area contributed by atoms with Crippen molar-refractivity contribution < 1.29 is 36.9 Å². The van der Waals surface area contributed by atoms with Crippen LogP contribution >= 0.6 is 11.3 Å². The summed E-state index contributed by atoms with van der Waals surface area (Å²) in [5.41, 5.74) is 1.26. The highest BCUT2D eigenvalue weighted by Crippen LogP contribution is 2.41. The first-order valence-corrected chi connectivity index (χ1v) is 10.3. The lowest BCUT2D eigenvalue weighted by Crippen LogP contribution is -2.19. The Balaban J connectivity index is 1.60. The predicted octanol–water partition coefficient (Wildman–Crippen LogP) is 5.00. The number of thiazole rings is 1. The molecule has 4 rings (SSSR count). The third-order valence-corrected chi connectivity index (χ3v) is 5.60. The molecule has 0 bridgehead atoms. The van der Waals surface area contributed by atoms with Crippen molar-refractivity contribution >= 4 is 43.5 Å². The van der Waals surface area contributed by atoms with Crippen molar-refractivity contribution in [2.45, 2.75) is 6.18 Å². The smallest absolute Gasteiger partial charge is 0.422 e. The monoisotopic (exact) mass is 481 g/mol. The first kappa shape index (κ1) is 22.5. The summed E-state index contributed by atoms with van der Waals surface area (Å²) < 4.78 is 58.6. The molecule has 12 heteroatoms. The second kappa shape index (κ2) is 8.70. The zero-order valence-electron chi connectivity index (χ0n) is 17.6. The molecule has 0 aliphatic carbocycles. The molecule has 174 valence electrons. The SMILES string of the molecule is COc1cc(OC)c2cc(C(=O)Nc3nc4ccc(OCC(F)(F)F)cc4s3)[nH]c2c1OC. The molecule has 0 saturated carbocycles. The summed E-state index contributed by atoms with van der Waals surface area (Å²) in [5, 5.41) is 3.59. The Hall–Kier alpha value is -3.67. The van der Waals surface area contributed by atoms with E-state index in [2.05, 4.69) is 15.3 Å². The number of fused-ring (bicyclic) bond motifs is 2. The van der Waals surface area contributed by atoms with Gasteiger partial charge in [-0.25, -0.2) is 4.98 Å². The topological polar surface area (TPSA) is 94.7 Å². The summed E-state index contributed by atoms with van der Waals surface area (Å²) in [5.74, 6) is 0.931. The number of H-pyrrole nitrogens is 1. The highest BCUT2D eigenvalue weighted by Gasteiger charge is 2.28. The molecule has 0 aliphatic rings. The van der Waals surface area contributed by atoms with Crippen LogP contribution in [0.2, 0.25) is 0 Å². The lowest BCUT2D eigenvalue weighted by molar-refractivity contribution is -0.153. The zero-order chi connectivity index (χ0) is 23.8. The number of alkyl halides is 3. The van der Waals surface area contributed by atoms with Crippen molar-refractivity contribution in [2.75, 3.05) is 33.3 Å². The highest BCUT2D eigenvalue weighted by atomic mass is 32.1. The van der Waals surface area contributed by atoms with Gasteiger partial charge in [0.25, 0.3) is 5.91 Å². The Morgan fingerprint density at radius 1 is 1.09 bits per heavy atom. The average molecular weight is 481 g/mol. The quantitative estimate of drug-likeness (QED) is 0.386. The van der Waals surface area contributed by atoms with Crippen molar-refractivity contribution in [3.05, 3.63) is 36.0 Å². The van der Waals surface area contributed by atoms with E-state index in [1.807, 2.05) is 0 Å². The first-order valence-electron chi connectivity index (χ1n) is 9.45. The van der Waals surface area contributed by atoms with Gasteiger partial charge in [0.1, 0.15) is 17.2 Å². The number of hydrogen-bond acceptors (Lipinski definition) is 7. The van der Waals surface area contributed by atoms with E-state index >= 15 is 0 Å². The van der Waals surface area contributed by atoms with Gasteiger partial charge < -0.3 is 23.9 Å². The van der Waals surface area contributed by atoms with Gasteiger partial charge in [-0.2, -0.15) is 13.2 Å². The number of carbonyl (C=O) groups is 1. The van der Waals surface area contributed by atoms with E-state index in [1.54, 1.807) is 12.1 Å². The molecule has 2 heterocycles. The number of amides is 1. The fourth-order valence-electron chi connectivity index (χ4n) is 3.24. The maximum atomic E-state index is 12.9. The molecular weight excluding hydrogens is 463 g/mol. The Morgan fingerprint density at radius 2 is 1.85 bits per heavy atom. The number of methoxy groups -OCH3 is 3. The van der Waals surface area contributed by atoms with Gasteiger partial charge in [-0.05, 0) is 24.3 Å². The largest absolute Gasteiger partial charge is 0.496 e. The van der Waals surface area contributed by atoms with Crippen LogP contribution in [0.25, 0.3) is 21.1 Å². The minimum Gasteiger partial charge on any atom is -0.496 e. The van der Waals surface area contributed by atoms with Crippen molar-refractivity contribution in [1.82, 2.24) is 9.97 Å². The number of hydrogen-bond donors (Lipinski definition) is 2. The standard InChI is InChI=1S/C21H18F3N3O5S/c1-29-14-8-15(30-2)18(31-3)17-11(14)7-13(25-17)19(28)27-20-26-12-5-4-10(6-16(12)33-20)32-9-21(22,23)24/h4-8,25H,9H2,1-3H3,(H,26,27,28). The normalized spacial score (nSPS) is 11.6. The van der Waals surface area contributed by atoms with E-state index < -0.39 is 18.7 Å². The first-order chi connectivity index (χ1) is 15.7. The number of nitrogens with zero attached hydrogens (tertiary/aromatic N) is 1. The van der Waals surface area contributed by atoms with Gasteiger partial charge >= 0.3 is 6.18 Å². The van der Waals surface area contributed by atoms with E-state index in [4.69, 9.17) is 18.9 Å². The number of nitrogens with one attached hydrogen (secondary N) is 2. The summed E-state index contributed by atoms with van der Waals surface area (Å²) in [6.07, 6.45) is -4.43. The van der Waals surface area contributed by atoms with E-state index in [0.29, 0.717) is 38.4 Å². The van der Waals surface area contributed by atoms with E-state index in [0.717, 1.165) is 11.3 Å². The molecule has 2 N–H and O–H groups in total. The molecular formula is C21H18F3N3O5S. The van der Waals surface area contributed by atoms with E-state index in [9.17, 15) is 18.0 Å². The summed E-state index contributed by atoms with van der Waals surface area (Å²) in [4.78, 5) is 20.2. The number of aromatic nitrogens is 2. The molecule has 0 unspecified atom stereocenters. The van der Waals surface area contributed by atoms with Crippen LogP contribution < -0.4 is 24.3 Å². The van der Waals surface area contributed by atoms with Crippen LogP contribution in [0.3, 0.4) is 0 Å². The van der Waals surface area contributed by atoms with Gasteiger partial charge in [0.15, 0.2) is 23.2 Å². The highest BCUT2D eigenvalue weighted by molar-refractivity contribution is 7.22. The molecule has 1 amide bonds. The number of ether oxygens (including phenoxy) is 4. The molecule has 2 aromatic heterocycles. The fourth-order valence-corrected chi connectivity index (χ4v) is 4.13. The number of carbonyl (C=O) groups excluding carboxylic acids is 1. The number of rotatable bonds is 7. The second-order valence-corrected chi connectivity index (χ2v) is 7.82. The summed E-state index contributed by atoms with van der Waals surface area (Å²) in [6, 6.07) is 7.63. The van der Waals surface area contributed by atoms with Crippen molar-refractivity contribution in [3.8, 4) is 23.0 Å². The Labute approximate surface area is 189 Å². The maximum absolute atomic E-state index is 12.9. The minimum absolute atomic E-state index is 0.0603. The molecule has 0 radical (unpaired) electrons. The molecule has 0 aliphatic heterocycles. The molecule has 33 heavy (non-hydrogen) atoms.